The van der Waals surface area contributed by atoms with Crippen LogP contribution in [0.25, 0.3) is 0 Å². The molecule has 0 saturated heterocycles. The Kier molecular flexibility index (Phi) is 3.53. The Labute approximate surface area is 102 Å². The molecule has 1 aromatic rings. The Bertz CT molecular complexity index is 369. The van der Waals surface area contributed by atoms with Gasteiger partial charge in [0.25, 0.3) is 0 Å². The Morgan fingerprint density at radius 3 is 2.69 bits per heavy atom. The van der Waals surface area contributed by atoms with E-state index < -0.39 is 0 Å². The summed E-state index contributed by atoms with van der Waals surface area (Å²) < 4.78 is 5.23. The van der Waals surface area contributed by atoms with Crippen molar-refractivity contribution in [1.29, 1.82) is 0 Å². The highest BCUT2D eigenvalue weighted by atomic mass is 35.5. The van der Waals surface area contributed by atoms with Crippen LogP contribution in [0.1, 0.15) is 30.4 Å². The molecule has 1 aliphatic carbocycles. The van der Waals surface area contributed by atoms with Crippen LogP contribution in [0.15, 0.2) is 18.2 Å². The molecule has 0 radical (unpaired) electrons. The van der Waals surface area contributed by atoms with Crippen LogP contribution in [0.2, 0.25) is 5.02 Å². The van der Waals surface area contributed by atoms with Gasteiger partial charge in [-0.15, -0.1) is 0 Å². The van der Waals surface area contributed by atoms with Gasteiger partial charge in [-0.25, -0.2) is 0 Å². The maximum Gasteiger partial charge on any atom is 0.0716 e. The molecule has 1 aromatic carbocycles. The first kappa shape index (κ1) is 11.9. The molecule has 1 fully saturated rings. The van der Waals surface area contributed by atoms with E-state index in [2.05, 4.69) is 6.07 Å². The number of ether oxygens (including phenoxy) is 1. The highest BCUT2D eigenvalue weighted by molar-refractivity contribution is 6.30. The van der Waals surface area contributed by atoms with Crippen LogP contribution >= 0.6 is 11.6 Å². The molecule has 0 heterocycles. The van der Waals surface area contributed by atoms with Gasteiger partial charge in [-0.2, -0.15) is 0 Å². The summed E-state index contributed by atoms with van der Waals surface area (Å²) >= 11 is 6.02. The van der Waals surface area contributed by atoms with Crippen molar-refractivity contribution in [1.82, 2.24) is 0 Å². The minimum atomic E-state index is 0.179. The summed E-state index contributed by atoms with van der Waals surface area (Å²) in [6.07, 6.45) is 3.63. The molecule has 0 aromatic heterocycles. The zero-order valence-electron chi connectivity index (χ0n) is 9.63. The molecule has 2 rings (SSSR count). The molecule has 16 heavy (non-hydrogen) atoms. The van der Waals surface area contributed by atoms with Gasteiger partial charge in [0.1, 0.15) is 0 Å². The second kappa shape index (κ2) is 4.74. The maximum atomic E-state index is 6.02. The molecular formula is C13H18ClNO. The van der Waals surface area contributed by atoms with Gasteiger partial charge in [0.15, 0.2) is 0 Å². The van der Waals surface area contributed by atoms with Crippen molar-refractivity contribution in [2.24, 2.45) is 5.73 Å². The Balaban J connectivity index is 2.38. The lowest BCUT2D eigenvalue weighted by molar-refractivity contribution is 0.178. The van der Waals surface area contributed by atoms with E-state index in [0.29, 0.717) is 13.2 Å². The summed E-state index contributed by atoms with van der Waals surface area (Å²) in [5, 5.41) is 0.766. The topological polar surface area (TPSA) is 35.2 Å². The standard InChI is InChI=1S/C13H18ClNO/c1-16-8-10-7-11(14)3-4-12(10)13(9-15)5-2-6-13/h3-4,7H,2,5-6,8-9,15H2,1H3. The molecule has 0 amide bonds. The van der Waals surface area contributed by atoms with Gasteiger partial charge in [-0.3, -0.25) is 0 Å². The maximum absolute atomic E-state index is 6.02. The summed E-state index contributed by atoms with van der Waals surface area (Å²) in [4.78, 5) is 0. The lowest BCUT2D eigenvalue weighted by atomic mass is 9.63. The number of hydrogen-bond acceptors (Lipinski definition) is 2. The third-order valence-electron chi connectivity index (χ3n) is 3.64. The van der Waals surface area contributed by atoms with Crippen molar-refractivity contribution in [3.05, 3.63) is 34.3 Å². The average molecular weight is 240 g/mol. The fourth-order valence-corrected chi connectivity index (χ4v) is 2.74. The summed E-state index contributed by atoms with van der Waals surface area (Å²) in [5.41, 5.74) is 8.62. The van der Waals surface area contributed by atoms with Crippen LogP contribution in [0.5, 0.6) is 0 Å². The quantitative estimate of drug-likeness (QED) is 0.877. The molecular weight excluding hydrogens is 222 g/mol. The van der Waals surface area contributed by atoms with E-state index in [4.69, 9.17) is 22.1 Å². The predicted octanol–water partition coefficient (Wildman–Crippen LogP) is 2.87. The van der Waals surface area contributed by atoms with E-state index in [1.165, 1.54) is 30.4 Å². The van der Waals surface area contributed by atoms with Crippen LogP contribution in [-0.2, 0) is 16.8 Å². The van der Waals surface area contributed by atoms with Crippen molar-refractivity contribution < 1.29 is 4.74 Å². The van der Waals surface area contributed by atoms with E-state index in [0.717, 1.165) is 5.02 Å². The smallest absolute Gasteiger partial charge is 0.0716 e. The van der Waals surface area contributed by atoms with Crippen molar-refractivity contribution in [2.45, 2.75) is 31.3 Å². The average Bonchev–Trinajstić information content (AvgIpc) is 2.20. The SMILES string of the molecule is COCc1cc(Cl)ccc1C1(CN)CCC1. The molecule has 2 N–H and O–H groups in total. The largest absolute Gasteiger partial charge is 0.380 e. The monoisotopic (exact) mass is 239 g/mol. The molecule has 0 unspecified atom stereocenters. The second-order valence-corrected chi connectivity index (χ2v) is 5.01. The lowest BCUT2D eigenvalue weighted by Crippen LogP contribution is -2.42. The number of benzene rings is 1. The summed E-state index contributed by atoms with van der Waals surface area (Å²) in [7, 11) is 1.71. The fourth-order valence-electron chi connectivity index (χ4n) is 2.54. The normalized spacial score (nSPS) is 18.2. The zero-order chi connectivity index (χ0) is 11.6. The molecule has 0 bridgehead atoms. The Morgan fingerprint density at radius 1 is 1.44 bits per heavy atom. The number of halogens is 1. The molecule has 88 valence electrons. The summed E-state index contributed by atoms with van der Waals surface area (Å²) in [6.45, 7) is 1.32. The first-order valence-electron chi connectivity index (χ1n) is 5.70. The Hall–Kier alpha value is -0.570. The van der Waals surface area contributed by atoms with Gasteiger partial charge in [-0.05, 0) is 36.1 Å². The van der Waals surface area contributed by atoms with Gasteiger partial charge < -0.3 is 10.5 Å². The second-order valence-electron chi connectivity index (χ2n) is 4.57. The van der Waals surface area contributed by atoms with E-state index in [-0.39, 0.29) is 5.41 Å². The van der Waals surface area contributed by atoms with E-state index >= 15 is 0 Å². The van der Waals surface area contributed by atoms with Gasteiger partial charge in [0.2, 0.25) is 0 Å². The highest BCUT2D eigenvalue weighted by Gasteiger charge is 2.38. The molecule has 0 aliphatic heterocycles. The number of methoxy groups -OCH3 is 1. The molecule has 3 heteroatoms. The van der Waals surface area contributed by atoms with Gasteiger partial charge in [0.05, 0.1) is 6.61 Å². The summed E-state index contributed by atoms with van der Waals surface area (Å²) in [5.74, 6) is 0. The zero-order valence-corrected chi connectivity index (χ0v) is 10.4. The van der Waals surface area contributed by atoms with Crippen LogP contribution in [0.4, 0.5) is 0 Å². The number of hydrogen-bond donors (Lipinski definition) is 1. The predicted molar refractivity (Wildman–Crippen MR) is 66.7 cm³/mol. The fraction of sp³-hybridized carbons (Fsp3) is 0.538. The van der Waals surface area contributed by atoms with Crippen LogP contribution in [0.3, 0.4) is 0 Å². The van der Waals surface area contributed by atoms with Crippen molar-refractivity contribution in [3.63, 3.8) is 0 Å². The van der Waals surface area contributed by atoms with E-state index in [9.17, 15) is 0 Å². The minimum Gasteiger partial charge on any atom is -0.380 e. The van der Waals surface area contributed by atoms with Crippen molar-refractivity contribution in [3.8, 4) is 0 Å². The molecule has 0 spiro atoms. The molecule has 1 aliphatic rings. The van der Waals surface area contributed by atoms with Gasteiger partial charge >= 0.3 is 0 Å². The van der Waals surface area contributed by atoms with E-state index in [1.807, 2.05) is 12.1 Å². The minimum absolute atomic E-state index is 0.179. The van der Waals surface area contributed by atoms with Gasteiger partial charge in [-0.1, -0.05) is 24.1 Å². The lowest BCUT2D eigenvalue weighted by Gasteiger charge is -2.42. The van der Waals surface area contributed by atoms with Crippen molar-refractivity contribution in [2.75, 3.05) is 13.7 Å². The van der Waals surface area contributed by atoms with Crippen molar-refractivity contribution >= 4 is 11.6 Å². The number of nitrogens with two attached hydrogens (primary N) is 1. The van der Waals surface area contributed by atoms with Gasteiger partial charge in [0, 0.05) is 24.1 Å². The third kappa shape index (κ3) is 1.97. The first-order chi connectivity index (χ1) is 7.72. The van der Waals surface area contributed by atoms with Crippen LogP contribution < -0.4 is 5.73 Å². The van der Waals surface area contributed by atoms with Crippen LogP contribution in [-0.4, -0.2) is 13.7 Å². The highest BCUT2D eigenvalue weighted by Crippen LogP contribution is 2.44. The molecule has 0 atom stereocenters. The Morgan fingerprint density at radius 2 is 2.19 bits per heavy atom. The van der Waals surface area contributed by atoms with Crippen LogP contribution in [0, 0.1) is 0 Å². The van der Waals surface area contributed by atoms with E-state index in [1.54, 1.807) is 7.11 Å². The summed E-state index contributed by atoms with van der Waals surface area (Å²) in [6, 6.07) is 6.06. The molecule has 2 nitrogen and oxygen atoms in total. The number of rotatable bonds is 4. The molecule has 1 saturated carbocycles. The third-order valence-corrected chi connectivity index (χ3v) is 3.87. The first-order valence-corrected chi connectivity index (χ1v) is 6.07.